The molecule has 0 bridgehead atoms. The van der Waals surface area contributed by atoms with Gasteiger partial charge in [0.05, 0.1) is 17.6 Å². The van der Waals surface area contributed by atoms with Crippen molar-refractivity contribution in [3.8, 4) is 0 Å². The highest BCUT2D eigenvalue weighted by Crippen LogP contribution is 2.46. The Morgan fingerprint density at radius 3 is 2.70 bits per heavy atom. The second kappa shape index (κ2) is 4.53. The third-order valence-corrected chi connectivity index (χ3v) is 5.71. The molecule has 5 unspecified atom stereocenters. The second-order valence-electron chi connectivity index (χ2n) is 7.03. The number of nitrogens with two attached hydrogens (primary N) is 1. The topological polar surface area (TPSA) is 72.6 Å². The molecule has 2 saturated heterocycles. The van der Waals surface area contributed by atoms with Gasteiger partial charge in [-0.1, -0.05) is 13.8 Å². The monoisotopic (exact) mass is 280 g/mol. The van der Waals surface area contributed by atoms with Gasteiger partial charge in [0.15, 0.2) is 0 Å². The SMILES string of the molecule is CC(C)C1(C)CC(=O)N(C2C(N)C3CCCOC32)C1=O. The van der Waals surface area contributed by atoms with Crippen LogP contribution in [0.2, 0.25) is 0 Å². The van der Waals surface area contributed by atoms with E-state index >= 15 is 0 Å². The van der Waals surface area contributed by atoms with E-state index < -0.39 is 5.41 Å². The largest absolute Gasteiger partial charge is 0.376 e. The average Bonchev–Trinajstić information content (AvgIpc) is 2.63. The van der Waals surface area contributed by atoms with Crippen LogP contribution in [0.4, 0.5) is 0 Å². The summed E-state index contributed by atoms with van der Waals surface area (Å²) < 4.78 is 5.77. The van der Waals surface area contributed by atoms with Gasteiger partial charge in [-0.15, -0.1) is 0 Å². The summed E-state index contributed by atoms with van der Waals surface area (Å²) in [5.74, 6) is 0.299. The van der Waals surface area contributed by atoms with Crippen molar-refractivity contribution in [3.63, 3.8) is 0 Å². The molecule has 1 aliphatic carbocycles. The van der Waals surface area contributed by atoms with Crippen LogP contribution in [0, 0.1) is 17.3 Å². The Labute approximate surface area is 119 Å². The van der Waals surface area contributed by atoms with Gasteiger partial charge >= 0.3 is 0 Å². The number of rotatable bonds is 2. The number of imide groups is 1. The van der Waals surface area contributed by atoms with E-state index in [1.54, 1.807) is 0 Å². The molecule has 0 aromatic heterocycles. The number of ether oxygens (including phenoxy) is 1. The highest BCUT2D eigenvalue weighted by molar-refractivity contribution is 6.06. The van der Waals surface area contributed by atoms with Crippen LogP contribution in [0.25, 0.3) is 0 Å². The highest BCUT2D eigenvalue weighted by atomic mass is 16.5. The quantitative estimate of drug-likeness (QED) is 0.763. The number of carbonyl (C=O) groups is 2. The molecule has 0 aromatic rings. The van der Waals surface area contributed by atoms with Crippen LogP contribution in [-0.4, -0.2) is 41.5 Å². The minimum Gasteiger partial charge on any atom is -0.376 e. The molecule has 5 heteroatoms. The van der Waals surface area contributed by atoms with Gasteiger partial charge in [0.2, 0.25) is 11.8 Å². The zero-order valence-corrected chi connectivity index (χ0v) is 12.5. The number of hydrogen-bond donors (Lipinski definition) is 1. The zero-order valence-electron chi connectivity index (χ0n) is 12.5. The first-order chi connectivity index (χ1) is 9.38. The van der Waals surface area contributed by atoms with Gasteiger partial charge in [-0.2, -0.15) is 0 Å². The minimum atomic E-state index is -0.587. The molecular weight excluding hydrogens is 256 g/mol. The summed E-state index contributed by atoms with van der Waals surface area (Å²) in [7, 11) is 0. The van der Waals surface area contributed by atoms with E-state index in [0.29, 0.717) is 18.9 Å². The van der Waals surface area contributed by atoms with Crippen LogP contribution in [0.15, 0.2) is 0 Å². The van der Waals surface area contributed by atoms with Crippen LogP contribution in [0.3, 0.4) is 0 Å². The summed E-state index contributed by atoms with van der Waals surface area (Å²) in [6, 6.07) is -0.372. The van der Waals surface area contributed by atoms with Crippen LogP contribution in [0.1, 0.15) is 40.0 Å². The predicted octanol–water partition coefficient (Wildman–Crippen LogP) is 0.912. The van der Waals surface area contributed by atoms with Gasteiger partial charge in [0.1, 0.15) is 0 Å². The summed E-state index contributed by atoms with van der Waals surface area (Å²) in [4.78, 5) is 26.5. The van der Waals surface area contributed by atoms with Crippen LogP contribution >= 0.6 is 0 Å². The molecule has 5 atom stereocenters. The third-order valence-electron chi connectivity index (χ3n) is 5.71. The smallest absolute Gasteiger partial charge is 0.236 e. The molecule has 2 heterocycles. The minimum absolute atomic E-state index is 0.0406. The first kappa shape index (κ1) is 14.0. The summed E-state index contributed by atoms with van der Waals surface area (Å²) in [6.07, 6.45) is 2.32. The maximum absolute atomic E-state index is 12.7. The molecule has 2 aliphatic heterocycles. The molecule has 3 aliphatic rings. The van der Waals surface area contributed by atoms with E-state index in [1.807, 2.05) is 20.8 Å². The Bertz CT molecular complexity index is 450. The van der Waals surface area contributed by atoms with E-state index in [4.69, 9.17) is 10.5 Å². The van der Waals surface area contributed by atoms with Crippen molar-refractivity contribution in [1.29, 1.82) is 0 Å². The van der Waals surface area contributed by atoms with Gasteiger partial charge in [-0.05, 0) is 25.7 Å². The van der Waals surface area contributed by atoms with Crippen molar-refractivity contribution < 1.29 is 14.3 Å². The van der Waals surface area contributed by atoms with Gasteiger partial charge in [0, 0.05) is 25.0 Å². The average molecular weight is 280 g/mol. The van der Waals surface area contributed by atoms with E-state index in [2.05, 4.69) is 0 Å². The van der Waals surface area contributed by atoms with Crippen molar-refractivity contribution in [3.05, 3.63) is 0 Å². The fourth-order valence-electron chi connectivity index (χ4n) is 3.85. The Morgan fingerprint density at radius 1 is 1.40 bits per heavy atom. The van der Waals surface area contributed by atoms with Crippen LogP contribution in [0.5, 0.6) is 0 Å². The first-order valence-corrected chi connectivity index (χ1v) is 7.61. The summed E-state index contributed by atoms with van der Waals surface area (Å²) >= 11 is 0. The summed E-state index contributed by atoms with van der Waals surface area (Å²) in [6.45, 7) is 6.59. The molecule has 112 valence electrons. The van der Waals surface area contributed by atoms with Crippen LogP contribution in [-0.2, 0) is 14.3 Å². The highest BCUT2D eigenvalue weighted by Gasteiger charge is 2.61. The lowest BCUT2D eigenvalue weighted by molar-refractivity contribution is -0.175. The molecule has 0 aromatic carbocycles. The molecule has 3 rings (SSSR count). The zero-order chi connectivity index (χ0) is 14.7. The van der Waals surface area contributed by atoms with Gasteiger partial charge in [-0.25, -0.2) is 0 Å². The lowest BCUT2D eigenvalue weighted by Crippen LogP contribution is -2.73. The molecule has 0 radical (unpaired) electrons. The second-order valence-corrected chi connectivity index (χ2v) is 7.03. The molecule has 2 N–H and O–H groups in total. The van der Waals surface area contributed by atoms with Crippen molar-refractivity contribution in [1.82, 2.24) is 4.90 Å². The van der Waals surface area contributed by atoms with Gasteiger partial charge < -0.3 is 10.5 Å². The summed E-state index contributed by atoms with van der Waals surface area (Å²) in [5.41, 5.74) is 5.63. The number of nitrogens with zero attached hydrogens (tertiary/aromatic N) is 1. The molecular formula is C15H24N2O3. The van der Waals surface area contributed by atoms with Crippen molar-refractivity contribution in [2.75, 3.05) is 6.61 Å². The fourth-order valence-corrected chi connectivity index (χ4v) is 3.85. The maximum atomic E-state index is 12.7. The normalized spacial score (nSPS) is 44.8. The Kier molecular flexibility index (Phi) is 3.18. The fraction of sp³-hybridized carbons (Fsp3) is 0.867. The first-order valence-electron chi connectivity index (χ1n) is 7.61. The lowest BCUT2D eigenvalue weighted by atomic mass is 9.68. The van der Waals surface area contributed by atoms with Crippen molar-refractivity contribution >= 4 is 11.8 Å². The van der Waals surface area contributed by atoms with E-state index in [0.717, 1.165) is 12.8 Å². The van der Waals surface area contributed by atoms with Gasteiger partial charge in [-0.3, -0.25) is 14.5 Å². The van der Waals surface area contributed by atoms with Gasteiger partial charge in [0.25, 0.3) is 0 Å². The van der Waals surface area contributed by atoms with Crippen molar-refractivity contribution in [2.45, 2.75) is 58.2 Å². The number of hydrogen-bond acceptors (Lipinski definition) is 4. The maximum Gasteiger partial charge on any atom is 0.236 e. The Hall–Kier alpha value is -0.940. The number of carbonyl (C=O) groups excluding carboxylic acids is 2. The Morgan fingerprint density at radius 2 is 2.10 bits per heavy atom. The number of amides is 2. The van der Waals surface area contributed by atoms with E-state index in [9.17, 15) is 9.59 Å². The molecule has 20 heavy (non-hydrogen) atoms. The number of fused-ring (bicyclic) bond motifs is 1. The molecule has 1 saturated carbocycles. The predicted molar refractivity (Wildman–Crippen MR) is 73.6 cm³/mol. The molecule has 0 spiro atoms. The molecule has 2 amide bonds. The van der Waals surface area contributed by atoms with Crippen LogP contribution < -0.4 is 5.73 Å². The lowest BCUT2D eigenvalue weighted by Gasteiger charge is -2.54. The third kappa shape index (κ3) is 1.69. The van der Waals surface area contributed by atoms with Crippen molar-refractivity contribution in [2.24, 2.45) is 23.0 Å². The standard InChI is InChI=1S/C15H24N2O3/c1-8(2)15(3)7-10(18)17(14(15)19)12-11(16)9-5-4-6-20-13(9)12/h8-9,11-13H,4-7,16H2,1-3H3. The molecule has 5 nitrogen and oxygen atoms in total. The molecule has 3 fully saturated rings. The van der Waals surface area contributed by atoms with E-state index in [1.165, 1.54) is 4.90 Å². The van der Waals surface area contributed by atoms with E-state index in [-0.39, 0.29) is 35.9 Å². The number of likely N-dealkylation sites (tertiary alicyclic amines) is 1. The summed E-state index contributed by atoms with van der Waals surface area (Å²) in [5, 5.41) is 0. The Balaban J connectivity index is 1.84.